The number of nitrogens with one attached hydrogen (secondary N) is 1. The molecule has 0 aliphatic heterocycles. The zero-order chi connectivity index (χ0) is 12.7. The van der Waals surface area contributed by atoms with Gasteiger partial charge in [0.15, 0.2) is 5.82 Å². The van der Waals surface area contributed by atoms with E-state index in [2.05, 4.69) is 22.2 Å². The summed E-state index contributed by atoms with van der Waals surface area (Å²) >= 11 is 0. The topological polar surface area (TPSA) is 47.0 Å². The average molecular weight is 237 g/mol. The van der Waals surface area contributed by atoms with Crippen LogP contribution in [0.25, 0.3) is 0 Å². The first-order valence-electron chi connectivity index (χ1n) is 6.21. The molecule has 0 atom stereocenters. The van der Waals surface area contributed by atoms with Crippen LogP contribution in [-0.4, -0.2) is 30.2 Å². The van der Waals surface area contributed by atoms with Crippen molar-refractivity contribution in [2.24, 2.45) is 0 Å². The summed E-state index contributed by atoms with van der Waals surface area (Å²) in [6.07, 6.45) is 2.16. The molecule has 0 radical (unpaired) electrons. The fourth-order valence-electron chi connectivity index (χ4n) is 1.88. The summed E-state index contributed by atoms with van der Waals surface area (Å²) in [7, 11) is 1.66. The SMILES string of the molecule is CCCNCCc1c(C)nc(COC)nc1C. The van der Waals surface area contributed by atoms with Gasteiger partial charge in [-0.25, -0.2) is 9.97 Å². The maximum Gasteiger partial charge on any atom is 0.154 e. The standard InChI is InChI=1S/C13H23N3O/c1-5-7-14-8-6-12-10(2)15-13(9-17-4)16-11(12)3/h14H,5-9H2,1-4H3. The monoisotopic (exact) mass is 237 g/mol. The molecule has 0 unspecified atom stereocenters. The van der Waals surface area contributed by atoms with Crippen molar-refractivity contribution in [2.45, 2.75) is 40.2 Å². The molecule has 0 saturated heterocycles. The number of ether oxygens (including phenoxy) is 1. The van der Waals surface area contributed by atoms with Crippen molar-refractivity contribution >= 4 is 0 Å². The van der Waals surface area contributed by atoms with E-state index in [0.717, 1.165) is 36.7 Å². The predicted molar refractivity (Wildman–Crippen MR) is 69.1 cm³/mol. The molecule has 96 valence electrons. The fourth-order valence-corrected chi connectivity index (χ4v) is 1.88. The first-order valence-corrected chi connectivity index (χ1v) is 6.21. The van der Waals surface area contributed by atoms with E-state index in [4.69, 9.17) is 4.74 Å². The molecule has 1 heterocycles. The Morgan fingerprint density at radius 3 is 2.29 bits per heavy atom. The zero-order valence-electron chi connectivity index (χ0n) is 11.3. The number of methoxy groups -OCH3 is 1. The smallest absolute Gasteiger partial charge is 0.154 e. The highest BCUT2D eigenvalue weighted by Crippen LogP contribution is 2.11. The molecule has 0 bridgehead atoms. The molecule has 1 aromatic heterocycles. The second-order valence-corrected chi connectivity index (χ2v) is 4.22. The largest absolute Gasteiger partial charge is 0.377 e. The summed E-state index contributed by atoms with van der Waals surface area (Å²) < 4.78 is 5.05. The Kier molecular flexibility index (Phi) is 6.08. The summed E-state index contributed by atoms with van der Waals surface area (Å²) in [5.74, 6) is 0.771. The van der Waals surface area contributed by atoms with Gasteiger partial charge in [0, 0.05) is 18.5 Å². The van der Waals surface area contributed by atoms with Gasteiger partial charge in [0.1, 0.15) is 6.61 Å². The van der Waals surface area contributed by atoms with Gasteiger partial charge < -0.3 is 10.1 Å². The highest BCUT2D eigenvalue weighted by molar-refractivity contribution is 5.24. The van der Waals surface area contributed by atoms with Crippen LogP contribution in [0.4, 0.5) is 0 Å². The number of aryl methyl sites for hydroxylation is 2. The van der Waals surface area contributed by atoms with Crippen LogP contribution in [0.1, 0.15) is 36.1 Å². The molecule has 0 aliphatic carbocycles. The van der Waals surface area contributed by atoms with Gasteiger partial charge in [-0.05, 0) is 45.3 Å². The van der Waals surface area contributed by atoms with Crippen LogP contribution in [-0.2, 0) is 17.8 Å². The van der Waals surface area contributed by atoms with Gasteiger partial charge in [0.25, 0.3) is 0 Å². The fraction of sp³-hybridized carbons (Fsp3) is 0.692. The van der Waals surface area contributed by atoms with Crippen LogP contribution >= 0.6 is 0 Å². The Hall–Kier alpha value is -1.00. The second kappa shape index (κ2) is 7.35. The maximum absolute atomic E-state index is 5.05. The van der Waals surface area contributed by atoms with Gasteiger partial charge in [-0.3, -0.25) is 0 Å². The highest BCUT2D eigenvalue weighted by Gasteiger charge is 2.07. The van der Waals surface area contributed by atoms with E-state index in [9.17, 15) is 0 Å². The van der Waals surface area contributed by atoms with Crippen LogP contribution < -0.4 is 5.32 Å². The summed E-state index contributed by atoms with van der Waals surface area (Å²) in [5.41, 5.74) is 3.40. The molecule has 0 aromatic carbocycles. The average Bonchev–Trinajstić information content (AvgIpc) is 2.27. The van der Waals surface area contributed by atoms with Crippen molar-refractivity contribution in [1.82, 2.24) is 15.3 Å². The molecule has 17 heavy (non-hydrogen) atoms. The van der Waals surface area contributed by atoms with E-state index in [0.29, 0.717) is 6.61 Å². The molecule has 1 rings (SSSR count). The van der Waals surface area contributed by atoms with Gasteiger partial charge in [-0.2, -0.15) is 0 Å². The normalized spacial score (nSPS) is 10.8. The van der Waals surface area contributed by atoms with E-state index in [1.807, 2.05) is 13.8 Å². The Labute approximate surface area is 104 Å². The molecule has 0 spiro atoms. The lowest BCUT2D eigenvalue weighted by molar-refractivity contribution is 0.177. The van der Waals surface area contributed by atoms with Gasteiger partial charge >= 0.3 is 0 Å². The molecule has 0 fully saturated rings. The van der Waals surface area contributed by atoms with Crippen molar-refractivity contribution in [3.63, 3.8) is 0 Å². The molecule has 1 aromatic rings. The summed E-state index contributed by atoms with van der Waals surface area (Å²) in [4.78, 5) is 8.92. The minimum Gasteiger partial charge on any atom is -0.377 e. The third kappa shape index (κ3) is 4.40. The molecule has 4 nitrogen and oxygen atoms in total. The van der Waals surface area contributed by atoms with E-state index < -0.39 is 0 Å². The number of aromatic nitrogens is 2. The first-order chi connectivity index (χ1) is 8.19. The van der Waals surface area contributed by atoms with Gasteiger partial charge in [-0.1, -0.05) is 6.92 Å². The van der Waals surface area contributed by atoms with E-state index in [-0.39, 0.29) is 0 Å². The third-order valence-corrected chi connectivity index (χ3v) is 2.72. The van der Waals surface area contributed by atoms with E-state index in [1.165, 1.54) is 12.0 Å². The second-order valence-electron chi connectivity index (χ2n) is 4.22. The molecule has 0 amide bonds. The number of hydrogen-bond donors (Lipinski definition) is 1. The van der Waals surface area contributed by atoms with Gasteiger partial charge in [0.05, 0.1) is 0 Å². The lowest BCUT2D eigenvalue weighted by atomic mass is 10.1. The van der Waals surface area contributed by atoms with Crippen LogP contribution in [0.3, 0.4) is 0 Å². The molecule has 0 aliphatic rings. The van der Waals surface area contributed by atoms with Crippen LogP contribution in [0.5, 0.6) is 0 Å². The minimum absolute atomic E-state index is 0.482. The predicted octanol–water partition coefficient (Wildman–Crippen LogP) is 1.78. The van der Waals surface area contributed by atoms with Crippen molar-refractivity contribution in [1.29, 1.82) is 0 Å². The number of rotatable bonds is 7. The molecule has 0 saturated carbocycles. The number of nitrogens with zero attached hydrogens (tertiary/aromatic N) is 2. The van der Waals surface area contributed by atoms with Crippen LogP contribution in [0, 0.1) is 13.8 Å². The maximum atomic E-state index is 5.05. The van der Waals surface area contributed by atoms with Crippen molar-refractivity contribution in [2.75, 3.05) is 20.2 Å². The van der Waals surface area contributed by atoms with Crippen LogP contribution in [0.2, 0.25) is 0 Å². The summed E-state index contributed by atoms with van der Waals surface area (Å²) in [6, 6.07) is 0. The lowest BCUT2D eigenvalue weighted by Gasteiger charge is -2.11. The lowest BCUT2D eigenvalue weighted by Crippen LogP contribution is -2.19. The molecule has 4 heteroatoms. The molecular weight excluding hydrogens is 214 g/mol. The third-order valence-electron chi connectivity index (χ3n) is 2.72. The van der Waals surface area contributed by atoms with Gasteiger partial charge in [-0.15, -0.1) is 0 Å². The minimum atomic E-state index is 0.482. The Balaban J connectivity index is 2.65. The van der Waals surface area contributed by atoms with E-state index >= 15 is 0 Å². The van der Waals surface area contributed by atoms with Crippen molar-refractivity contribution in [3.8, 4) is 0 Å². The Morgan fingerprint density at radius 2 is 1.76 bits per heavy atom. The summed E-state index contributed by atoms with van der Waals surface area (Å²) in [6.45, 7) is 8.80. The highest BCUT2D eigenvalue weighted by atomic mass is 16.5. The zero-order valence-corrected chi connectivity index (χ0v) is 11.3. The van der Waals surface area contributed by atoms with E-state index in [1.54, 1.807) is 7.11 Å². The number of hydrogen-bond acceptors (Lipinski definition) is 4. The molecular formula is C13H23N3O. The van der Waals surface area contributed by atoms with Crippen molar-refractivity contribution in [3.05, 3.63) is 22.8 Å². The van der Waals surface area contributed by atoms with Crippen LogP contribution in [0.15, 0.2) is 0 Å². The first kappa shape index (κ1) is 14.1. The Bertz CT molecular complexity index is 330. The summed E-state index contributed by atoms with van der Waals surface area (Å²) in [5, 5.41) is 3.40. The van der Waals surface area contributed by atoms with Crippen molar-refractivity contribution < 1.29 is 4.74 Å². The quantitative estimate of drug-likeness (QED) is 0.734. The molecule has 1 N–H and O–H groups in total. The van der Waals surface area contributed by atoms with Gasteiger partial charge in [0.2, 0.25) is 0 Å². The Morgan fingerprint density at radius 1 is 1.12 bits per heavy atom.